The van der Waals surface area contributed by atoms with Gasteiger partial charge in [-0.25, -0.2) is 61.3 Å². The van der Waals surface area contributed by atoms with E-state index in [1.54, 1.807) is 99.6 Å². The number of aromatic carboxylic acids is 1. The monoisotopic (exact) mass is 2030 g/mol. The van der Waals surface area contributed by atoms with Crippen molar-refractivity contribution >= 4 is 116 Å². The average molecular weight is 2030 g/mol. The van der Waals surface area contributed by atoms with Crippen LogP contribution in [0.25, 0.3) is 14.5 Å². The standard InChI is InChI=1S/2C37H46N6O4S.C21H23N3O2.C16H25N3O3S/c2*1-26-24-27(2)34(39-30(26)25-28-16-18-41(19-17-28)31-13-9-8-12-29(31)38-6)35(44)43-22-20-42(21-23-43)32-14-10-11-15-33(32)48(7,46)40-36(45)47-37(3,4)5;1-14-12-15(2)20(21(25)26)23-18(14)13-16-8-10-24(11-9-16)19-7-5-4-6-17(19)22-3;1-16(2,3)22-15(20)18-23(4,21)14-8-6-5-7-13(14)19-11-9-17-10-12-19/h2*8-15,24,28H,16-23,25H2,1-5,7H3;4-7,12,16H,8-11,13H2,1-2H3,(H,25,26);5-8,17H,9-12H2,1-4H3/t2*48-;;23-/m11.1/s1. The van der Waals surface area contributed by atoms with Crippen LogP contribution >= 0.6 is 0 Å². The van der Waals surface area contributed by atoms with Gasteiger partial charge in [0.25, 0.3) is 11.8 Å². The van der Waals surface area contributed by atoms with Crippen molar-refractivity contribution in [1.29, 1.82) is 0 Å². The summed E-state index contributed by atoms with van der Waals surface area (Å²) in [6.07, 6.45) is 10.4. The summed E-state index contributed by atoms with van der Waals surface area (Å²) in [5.74, 6) is 0.282. The van der Waals surface area contributed by atoms with Crippen molar-refractivity contribution in [1.82, 2.24) is 30.1 Å². The molecule has 145 heavy (non-hydrogen) atoms. The Morgan fingerprint density at radius 2 is 0.586 bits per heavy atom. The van der Waals surface area contributed by atoms with Crippen molar-refractivity contribution in [3.63, 3.8) is 0 Å². The lowest BCUT2D eigenvalue weighted by atomic mass is 9.90. The summed E-state index contributed by atoms with van der Waals surface area (Å²) in [5.41, 5.74) is 15.0. The fourth-order valence-corrected chi connectivity index (χ4v) is 23.1. The van der Waals surface area contributed by atoms with Gasteiger partial charge in [-0.3, -0.25) is 9.59 Å². The maximum atomic E-state index is 13.8. The number of aryl methyl sites for hydroxylation is 6. The molecule has 6 aromatic carbocycles. The Kier molecular flexibility index (Phi) is 37.0. The minimum atomic E-state index is -3.08. The molecule has 770 valence electrons. The Balaban J connectivity index is 0.000000181. The van der Waals surface area contributed by atoms with Gasteiger partial charge in [-0.15, -0.1) is 13.1 Å². The van der Waals surface area contributed by atoms with E-state index < -0.39 is 70.2 Å². The van der Waals surface area contributed by atoms with Gasteiger partial charge in [0, 0.05) is 171 Å². The molecule has 15 rings (SSSR count). The van der Waals surface area contributed by atoms with Gasteiger partial charge in [0.1, 0.15) is 28.2 Å². The highest BCUT2D eigenvalue weighted by molar-refractivity contribution is 7.94. The molecule has 31 nitrogen and oxygen atoms in total. The van der Waals surface area contributed by atoms with Gasteiger partial charge in [-0.1, -0.05) is 109 Å². The maximum Gasteiger partial charge on any atom is 0.442 e. The smallest absolute Gasteiger partial charge is 0.442 e. The number of pyridine rings is 3. The molecule has 0 aliphatic carbocycles. The molecule has 9 heterocycles. The molecule has 0 saturated carbocycles. The van der Waals surface area contributed by atoms with Crippen LogP contribution in [-0.4, -0.2) is 232 Å². The van der Waals surface area contributed by atoms with Crippen LogP contribution in [0.2, 0.25) is 0 Å². The number of anilines is 6. The summed E-state index contributed by atoms with van der Waals surface area (Å²) in [7, 11) is -9.03. The van der Waals surface area contributed by atoms with E-state index in [4.69, 9.17) is 43.9 Å². The lowest BCUT2D eigenvalue weighted by molar-refractivity contribution is 0.0595. The molecule has 0 unspecified atom stereocenters. The number of aromatic nitrogens is 3. The second kappa shape index (κ2) is 48.6. The number of carbonyl (C=O) groups excluding carboxylic acids is 5. The molecule has 0 radical (unpaired) electrons. The molecule has 2 N–H and O–H groups in total. The molecule has 6 fully saturated rings. The number of ether oxygens (including phenoxy) is 3. The molecule has 6 aliphatic rings. The predicted molar refractivity (Wildman–Crippen MR) is 576 cm³/mol. The number of carboxylic acid groups (broad SMARTS) is 1. The second-order valence-electron chi connectivity index (χ2n) is 41.1. The number of hydrogen-bond acceptors (Lipinski definition) is 22. The number of piperazine rings is 3. The Bertz CT molecular complexity index is 6480. The Morgan fingerprint density at radius 1 is 0.352 bits per heavy atom. The molecule has 3 atom stereocenters. The normalized spacial score (nSPS) is 16.8. The van der Waals surface area contributed by atoms with Crippen LogP contribution in [0.1, 0.15) is 183 Å². The molecule has 6 saturated heterocycles. The van der Waals surface area contributed by atoms with E-state index in [0.29, 0.717) is 119 Å². The third kappa shape index (κ3) is 30.0. The van der Waals surface area contributed by atoms with Gasteiger partial charge in [0.2, 0.25) is 17.1 Å². The SMILES string of the molecule is CC(C)(C)OC(=O)N=[S@](C)(=O)c1ccccc1N1CCNCC1.[C-]#[N+]c1ccccc1N1CCC(Cc2nc(C(=O)N3CCN(c4ccccc4[S@@](C)(=O)=NC(=O)OC(C)(C)C)CC3)c(C)cc2C)CC1.[C-]#[N+]c1ccccc1N1CCC(Cc2nc(C(=O)N3CCN(c4ccccc4[S@@](C)(=O)=NC(=O)OC(C)(C)C)CC3)c(C)cc2C)CC1.[C-]#[N+]c1ccccc1N1CCC(Cc2nc(C(=O)O)c(C)cc2C)CC1. The zero-order valence-corrected chi connectivity index (χ0v) is 89.5. The molecule has 34 heteroatoms. The number of nitrogens with zero attached hydrogens (tertiary/aromatic N) is 17. The van der Waals surface area contributed by atoms with Crippen LogP contribution in [0.15, 0.2) is 192 Å². The average Bonchev–Trinajstić information content (AvgIpc) is 0.772. The number of piperidine rings is 3. The molecule has 0 bridgehead atoms. The first-order valence-corrected chi connectivity index (χ1v) is 55.4. The zero-order valence-electron chi connectivity index (χ0n) is 87.1. The Labute approximate surface area is 857 Å². The minimum Gasteiger partial charge on any atom is -0.477 e. The van der Waals surface area contributed by atoms with E-state index in [2.05, 4.69) is 93.3 Å². The van der Waals surface area contributed by atoms with E-state index in [1.807, 2.05) is 152 Å². The number of para-hydroxylation sites is 9. The second-order valence-corrected chi connectivity index (χ2v) is 47.8. The number of benzene rings is 6. The molecule has 9 aromatic rings. The Morgan fingerprint density at radius 3 is 0.848 bits per heavy atom. The van der Waals surface area contributed by atoms with Crippen molar-refractivity contribution in [2.45, 2.75) is 193 Å². The van der Waals surface area contributed by atoms with Crippen LogP contribution in [-0.2, 0) is 62.7 Å². The Hall–Kier alpha value is -13.3. The van der Waals surface area contributed by atoms with Gasteiger partial charge in [0.15, 0.2) is 5.69 Å². The summed E-state index contributed by atoms with van der Waals surface area (Å²) in [6.45, 7) is 62.8. The van der Waals surface area contributed by atoms with Gasteiger partial charge >= 0.3 is 24.2 Å². The first-order valence-electron chi connectivity index (χ1n) is 49.6. The third-order valence-corrected chi connectivity index (χ3v) is 31.4. The van der Waals surface area contributed by atoms with Crippen molar-refractivity contribution in [3.8, 4) is 0 Å². The molecule has 3 aromatic heterocycles. The molecular formula is C111H140N18O13S3. The zero-order chi connectivity index (χ0) is 105. The fraction of sp³-hybridized carbons (Fsp3) is 0.459. The quantitative estimate of drug-likeness (QED) is 0.0595. The summed E-state index contributed by atoms with van der Waals surface area (Å²) in [5, 5.41) is 12.6. The van der Waals surface area contributed by atoms with Crippen molar-refractivity contribution in [2.24, 2.45) is 30.8 Å². The van der Waals surface area contributed by atoms with Crippen molar-refractivity contribution in [3.05, 3.63) is 266 Å². The maximum absolute atomic E-state index is 13.8. The van der Waals surface area contributed by atoms with E-state index in [1.165, 1.54) is 18.8 Å². The van der Waals surface area contributed by atoms with Crippen LogP contribution in [0.3, 0.4) is 0 Å². The molecule has 0 spiro atoms. The predicted octanol–water partition coefficient (Wildman–Crippen LogP) is 21.0. The van der Waals surface area contributed by atoms with Crippen LogP contribution in [0, 0.1) is 79.0 Å². The first kappa shape index (κ1) is 110. The summed E-state index contributed by atoms with van der Waals surface area (Å²) in [6, 6.07) is 51.4. The summed E-state index contributed by atoms with van der Waals surface area (Å²) >= 11 is 0. The lowest BCUT2D eigenvalue weighted by Gasteiger charge is -2.37. The molecule has 5 amide bonds. The van der Waals surface area contributed by atoms with Crippen molar-refractivity contribution < 1.29 is 60.7 Å². The van der Waals surface area contributed by atoms with Crippen LogP contribution in [0.5, 0.6) is 0 Å². The summed E-state index contributed by atoms with van der Waals surface area (Å²) < 4.78 is 67.9. The van der Waals surface area contributed by atoms with E-state index in [0.717, 1.165) is 202 Å². The molecule has 6 aliphatic heterocycles. The number of amides is 5. The lowest BCUT2D eigenvalue weighted by Crippen LogP contribution is -2.49. The van der Waals surface area contributed by atoms with Crippen molar-refractivity contribution in [2.75, 3.05) is 166 Å². The van der Waals surface area contributed by atoms with Gasteiger partial charge in [0.05, 0.1) is 80.7 Å². The van der Waals surface area contributed by atoms with Gasteiger partial charge in [-0.2, -0.15) is 0 Å². The fourth-order valence-electron chi connectivity index (χ4n) is 19.1. The van der Waals surface area contributed by atoms with E-state index in [-0.39, 0.29) is 17.5 Å². The van der Waals surface area contributed by atoms with Gasteiger partial charge in [-0.05, 0) is 267 Å². The highest BCUT2D eigenvalue weighted by atomic mass is 32.2. The minimum absolute atomic E-state index is 0.0773. The number of carbonyl (C=O) groups is 6. The third-order valence-electron chi connectivity index (χ3n) is 26.5. The number of carboxylic acids is 1. The van der Waals surface area contributed by atoms with Crippen LogP contribution < -0.4 is 34.7 Å². The number of nitrogens with one attached hydrogen (secondary N) is 1. The first-order chi connectivity index (χ1) is 68.7. The number of rotatable bonds is 18. The van der Waals surface area contributed by atoms with E-state index >= 15 is 0 Å². The molecular weight excluding hydrogens is 1890 g/mol. The number of hydrogen-bond donors (Lipinski definition) is 2. The van der Waals surface area contributed by atoms with Gasteiger partial charge < -0.3 is 63.8 Å². The van der Waals surface area contributed by atoms with Crippen LogP contribution in [0.4, 0.5) is 65.6 Å². The highest BCUT2D eigenvalue weighted by Gasteiger charge is 2.35. The summed E-state index contributed by atoms with van der Waals surface area (Å²) in [4.78, 5) is 120. The highest BCUT2D eigenvalue weighted by Crippen LogP contribution is 2.40. The topological polar surface area (TPSA) is 328 Å². The van der Waals surface area contributed by atoms with E-state index in [9.17, 15) is 46.5 Å². The largest absolute Gasteiger partial charge is 0.477 e.